The molecule has 0 radical (unpaired) electrons. The first-order chi connectivity index (χ1) is 9.40. The minimum Gasteiger partial charge on any atom is -0.474 e. The van der Waals surface area contributed by atoms with E-state index in [-0.39, 0.29) is 17.9 Å². The summed E-state index contributed by atoms with van der Waals surface area (Å²) >= 11 is 0. The van der Waals surface area contributed by atoms with Crippen LogP contribution in [0.5, 0.6) is 0 Å². The second-order valence-corrected chi connectivity index (χ2v) is 4.07. The third-order valence-electron chi connectivity index (χ3n) is 2.72. The molecule has 0 amide bonds. The number of aromatic carboxylic acids is 1. The van der Waals surface area contributed by atoms with Crippen molar-refractivity contribution in [3.63, 3.8) is 0 Å². The number of carbonyl (C=O) groups is 1. The van der Waals surface area contributed by atoms with Crippen LogP contribution >= 0.6 is 0 Å². The fraction of sp³-hybridized carbons (Fsp3) is 0.400. The fourth-order valence-electron chi connectivity index (χ4n) is 1.82. The van der Waals surface area contributed by atoms with Gasteiger partial charge in [0.15, 0.2) is 5.82 Å². The van der Waals surface area contributed by atoms with Gasteiger partial charge in [-0.1, -0.05) is 5.16 Å². The van der Waals surface area contributed by atoms with Gasteiger partial charge in [-0.25, -0.2) is 4.79 Å². The predicted molar refractivity (Wildman–Crippen MR) is 63.3 cm³/mol. The Bertz CT molecular complexity index is 674. The van der Waals surface area contributed by atoms with E-state index in [0.717, 1.165) is 0 Å². The van der Waals surface area contributed by atoms with E-state index in [0.29, 0.717) is 17.9 Å². The van der Waals surface area contributed by atoms with Crippen molar-refractivity contribution in [2.45, 2.75) is 26.8 Å². The summed E-state index contributed by atoms with van der Waals surface area (Å²) in [6, 6.07) is 0. The molecule has 0 aromatic carbocycles. The van der Waals surface area contributed by atoms with Crippen LogP contribution < -0.4 is 0 Å². The lowest BCUT2D eigenvalue weighted by Crippen LogP contribution is -2.07. The molecule has 2 heterocycles. The van der Waals surface area contributed by atoms with Crippen molar-refractivity contribution in [2.75, 3.05) is 0 Å². The van der Waals surface area contributed by atoms with E-state index < -0.39 is 16.8 Å². The Morgan fingerprint density at radius 3 is 2.70 bits per heavy atom. The molecule has 0 spiro atoms. The van der Waals surface area contributed by atoms with Gasteiger partial charge in [0.1, 0.15) is 11.4 Å². The van der Waals surface area contributed by atoms with E-state index in [1.54, 1.807) is 13.8 Å². The van der Waals surface area contributed by atoms with Gasteiger partial charge in [0.05, 0.1) is 4.92 Å². The highest BCUT2D eigenvalue weighted by Gasteiger charge is 2.22. The summed E-state index contributed by atoms with van der Waals surface area (Å²) in [6.07, 6.45) is 0.260. The number of hydrogen-bond donors (Lipinski definition) is 1. The van der Waals surface area contributed by atoms with Crippen molar-refractivity contribution in [3.8, 4) is 0 Å². The number of nitrogens with zero attached hydrogens (tertiary/aromatic N) is 5. The van der Waals surface area contributed by atoms with E-state index in [2.05, 4.69) is 19.8 Å². The van der Waals surface area contributed by atoms with Gasteiger partial charge < -0.3 is 9.63 Å². The highest BCUT2D eigenvalue weighted by atomic mass is 16.6. The largest absolute Gasteiger partial charge is 0.474 e. The van der Waals surface area contributed by atoms with Crippen LogP contribution in [-0.4, -0.2) is 35.9 Å². The number of carboxylic acids is 1. The first-order valence-electron chi connectivity index (χ1n) is 5.64. The van der Waals surface area contributed by atoms with Crippen molar-refractivity contribution >= 4 is 11.7 Å². The molecule has 20 heavy (non-hydrogen) atoms. The molecule has 0 saturated heterocycles. The molecule has 2 aromatic heterocycles. The van der Waals surface area contributed by atoms with Gasteiger partial charge in [-0.3, -0.25) is 14.8 Å². The van der Waals surface area contributed by atoms with Gasteiger partial charge >= 0.3 is 17.5 Å². The molecule has 0 aliphatic heterocycles. The zero-order valence-corrected chi connectivity index (χ0v) is 10.7. The van der Waals surface area contributed by atoms with Gasteiger partial charge in [0, 0.05) is 13.0 Å². The molecular weight excluding hydrogens is 270 g/mol. The van der Waals surface area contributed by atoms with Crippen molar-refractivity contribution in [1.82, 2.24) is 19.9 Å². The molecule has 106 valence electrons. The van der Waals surface area contributed by atoms with Crippen LogP contribution in [0.15, 0.2) is 4.52 Å². The number of aryl methyl sites for hydroxylation is 3. The predicted octanol–water partition coefficient (Wildman–Crippen LogP) is 0.732. The van der Waals surface area contributed by atoms with Crippen LogP contribution in [0, 0.1) is 24.0 Å². The average molecular weight is 281 g/mol. The highest BCUT2D eigenvalue weighted by Crippen LogP contribution is 2.21. The Morgan fingerprint density at radius 2 is 2.20 bits per heavy atom. The van der Waals surface area contributed by atoms with Gasteiger partial charge in [-0.05, 0) is 13.8 Å². The summed E-state index contributed by atoms with van der Waals surface area (Å²) in [5.74, 6) is -1.58. The standard InChI is InChI=1S/C10H11N5O5/c1-5-8(15(18)19)6(2)14(12-5)4-3-7-11-9(10(16)17)20-13-7/h3-4H2,1-2H3,(H,16,17). The van der Waals surface area contributed by atoms with E-state index >= 15 is 0 Å². The van der Waals surface area contributed by atoms with Crippen molar-refractivity contribution in [1.29, 1.82) is 0 Å². The van der Waals surface area contributed by atoms with Crippen LogP contribution in [0.3, 0.4) is 0 Å². The first kappa shape index (κ1) is 13.6. The molecule has 10 nitrogen and oxygen atoms in total. The average Bonchev–Trinajstić information content (AvgIpc) is 2.92. The molecule has 0 bridgehead atoms. The van der Waals surface area contributed by atoms with Crippen molar-refractivity contribution in [2.24, 2.45) is 0 Å². The number of aromatic nitrogens is 4. The summed E-state index contributed by atoms with van der Waals surface area (Å²) in [5.41, 5.74) is 0.727. The molecule has 0 fully saturated rings. The van der Waals surface area contributed by atoms with E-state index in [4.69, 9.17) is 5.11 Å². The minimum atomic E-state index is -1.30. The normalized spacial score (nSPS) is 10.7. The number of hydrogen-bond acceptors (Lipinski definition) is 7. The van der Waals surface area contributed by atoms with Crippen molar-refractivity contribution < 1.29 is 19.3 Å². The van der Waals surface area contributed by atoms with Crippen LogP contribution in [0.2, 0.25) is 0 Å². The van der Waals surface area contributed by atoms with Crippen LogP contribution in [0.1, 0.15) is 27.9 Å². The third-order valence-corrected chi connectivity index (χ3v) is 2.72. The van der Waals surface area contributed by atoms with Crippen LogP contribution in [0.4, 0.5) is 5.69 Å². The monoisotopic (exact) mass is 281 g/mol. The Morgan fingerprint density at radius 1 is 1.50 bits per heavy atom. The van der Waals surface area contributed by atoms with E-state index in [1.165, 1.54) is 4.68 Å². The van der Waals surface area contributed by atoms with E-state index in [9.17, 15) is 14.9 Å². The molecule has 0 unspecified atom stereocenters. The topological polar surface area (TPSA) is 137 Å². The van der Waals surface area contributed by atoms with E-state index in [1.807, 2.05) is 0 Å². The van der Waals surface area contributed by atoms with Gasteiger partial charge in [-0.2, -0.15) is 10.1 Å². The molecule has 0 saturated carbocycles. The first-order valence-corrected chi connectivity index (χ1v) is 5.64. The second kappa shape index (κ2) is 5.07. The zero-order chi connectivity index (χ0) is 14.9. The quantitative estimate of drug-likeness (QED) is 0.625. The summed E-state index contributed by atoms with van der Waals surface area (Å²) in [4.78, 5) is 24.6. The second-order valence-electron chi connectivity index (χ2n) is 4.07. The maximum atomic E-state index is 10.9. The fourth-order valence-corrected chi connectivity index (χ4v) is 1.82. The molecule has 0 aliphatic carbocycles. The Kier molecular flexibility index (Phi) is 3.46. The molecule has 0 aliphatic rings. The van der Waals surface area contributed by atoms with Crippen LogP contribution in [-0.2, 0) is 13.0 Å². The smallest absolute Gasteiger partial charge is 0.394 e. The Labute approximate surface area is 112 Å². The summed E-state index contributed by atoms with van der Waals surface area (Å²) < 4.78 is 5.98. The lowest BCUT2D eigenvalue weighted by atomic mass is 10.3. The number of carboxylic acid groups (broad SMARTS) is 1. The highest BCUT2D eigenvalue weighted by molar-refractivity contribution is 5.81. The SMILES string of the molecule is Cc1nn(CCc2noc(C(=O)O)n2)c(C)c1[N+](=O)[O-]. The minimum absolute atomic E-state index is 0.0238. The lowest BCUT2D eigenvalue weighted by molar-refractivity contribution is -0.386. The van der Waals surface area contributed by atoms with Gasteiger partial charge in [0.25, 0.3) is 0 Å². The molecular formula is C10H11N5O5. The lowest BCUT2D eigenvalue weighted by Gasteiger charge is -2.00. The van der Waals surface area contributed by atoms with Gasteiger partial charge in [-0.15, -0.1) is 0 Å². The van der Waals surface area contributed by atoms with Crippen LogP contribution in [0.25, 0.3) is 0 Å². The number of rotatable bonds is 5. The number of nitro groups is 1. The summed E-state index contributed by atoms with van der Waals surface area (Å²) in [5, 5.41) is 27.1. The summed E-state index contributed by atoms with van der Waals surface area (Å²) in [6.45, 7) is 3.44. The van der Waals surface area contributed by atoms with Gasteiger partial charge in [0.2, 0.25) is 0 Å². The third kappa shape index (κ3) is 2.48. The van der Waals surface area contributed by atoms with Crippen molar-refractivity contribution in [3.05, 3.63) is 33.2 Å². The molecule has 1 N–H and O–H groups in total. The Hall–Kier alpha value is -2.78. The maximum absolute atomic E-state index is 10.9. The molecule has 2 aromatic rings. The summed E-state index contributed by atoms with van der Waals surface area (Å²) in [7, 11) is 0. The Balaban J connectivity index is 2.13. The molecule has 0 atom stereocenters. The molecule has 2 rings (SSSR count). The maximum Gasteiger partial charge on any atom is 0.394 e. The zero-order valence-electron chi connectivity index (χ0n) is 10.7. The molecule has 10 heteroatoms.